The molecule has 4 nitrogen and oxygen atoms in total. The molecule has 1 aromatic rings. The fourth-order valence-corrected chi connectivity index (χ4v) is 1.99. The molecule has 0 aromatic heterocycles. The summed E-state index contributed by atoms with van der Waals surface area (Å²) in [4.78, 5) is -1.06. The van der Waals surface area contributed by atoms with Crippen molar-refractivity contribution in [1.29, 1.82) is 0 Å². The second-order valence-corrected chi connectivity index (χ2v) is 4.66. The lowest BCUT2D eigenvalue weighted by molar-refractivity contribution is -0.137. The molecule has 0 fully saturated rings. The molecule has 0 saturated carbocycles. The summed E-state index contributed by atoms with van der Waals surface area (Å²) in [5.41, 5.74) is 2.51. The Balaban J connectivity index is 3.64. The van der Waals surface area contributed by atoms with Gasteiger partial charge in [-0.15, -0.1) is 0 Å². The molecule has 0 bridgehead atoms. The zero-order valence-electron chi connectivity index (χ0n) is 7.42. The highest BCUT2D eigenvalue weighted by Gasteiger charge is 2.35. The van der Waals surface area contributed by atoms with Gasteiger partial charge >= 0.3 is 6.18 Å². The zero-order chi connectivity index (χ0) is 12.7. The lowest BCUT2D eigenvalue weighted by Crippen LogP contribution is -2.13. The Labute approximate surface area is 93.6 Å². The smallest absolute Gasteiger partial charge is 0.397 e. The summed E-state index contributed by atoms with van der Waals surface area (Å²) in [5.74, 6) is 0. The molecule has 0 saturated heterocycles. The monoisotopic (exact) mass is 275 g/mol. The Morgan fingerprint density at radius 3 is 2.19 bits per heavy atom. The van der Waals surface area contributed by atoms with Gasteiger partial charge in [-0.05, 0) is 12.1 Å². The maximum absolute atomic E-state index is 12.4. The molecule has 3 N–H and O–H groups in total. The third kappa shape index (κ3) is 2.57. The fraction of sp³-hybridized carbons (Fsp3) is 0.143. The minimum absolute atomic E-state index is 0.478. The lowest BCUT2D eigenvalue weighted by atomic mass is 10.2. The second kappa shape index (κ2) is 3.79. The van der Waals surface area contributed by atoms with E-state index >= 15 is 0 Å². The Morgan fingerprint density at radius 1 is 1.31 bits per heavy atom. The van der Waals surface area contributed by atoms with Crippen molar-refractivity contribution in [2.45, 2.75) is 11.1 Å². The van der Waals surface area contributed by atoms with Gasteiger partial charge in [0.1, 0.15) is 4.90 Å². The first-order chi connectivity index (χ1) is 7.03. The average molecular weight is 276 g/mol. The van der Waals surface area contributed by atoms with E-state index in [0.717, 1.165) is 0 Å². The summed E-state index contributed by atoms with van der Waals surface area (Å²) in [6.45, 7) is 0. The van der Waals surface area contributed by atoms with Gasteiger partial charge in [-0.2, -0.15) is 21.6 Å². The van der Waals surface area contributed by atoms with Gasteiger partial charge < -0.3 is 5.73 Å². The van der Waals surface area contributed by atoms with E-state index in [9.17, 15) is 21.6 Å². The lowest BCUT2D eigenvalue weighted by Gasteiger charge is -2.12. The van der Waals surface area contributed by atoms with Crippen LogP contribution in [0.15, 0.2) is 17.0 Å². The molecule has 0 heterocycles. The van der Waals surface area contributed by atoms with Crippen molar-refractivity contribution in [1.82, 2.24) is 0 Å². The van der Waals surface area contributed by atoms with Crippen LogP contribution in [0, 0.1) is 0 Å². The predicted molar refractivity (Wildman–Crippen MR) is 50.7 cm³/mol. The van der Waals surface area contributed by atoms with Crippen LogP contribution in [0.25, 0.3) is 0 Å². The Bertz CT molecular complexity index is 526. The van der Waals surface area contributed by atoms with Crippen LogP contribution < -0.4 is 5.73 Å². The molecule has 0 radical (unpaired) electrons. The van der Waals surface area contributed by atoms with E-state index in [1.54, 1.807) is 0 Å². The van der Waals surface area contributed by atoms with Crippen molar-refractivity contribution < 1.29 is 26.1 Å². The summed E-state index contributed by atoms with van der Waals surface area (Å²) in [6, 6.07) is 1.12. The first-order valence-corrected chi connectivity index (χ1v) is 5.49. The molecule has 9 heteroatoms. The minimum Gasteiger partial charge on any atom is -0.397 e. The van der Waals surface area contributed by atoms with E-state index in [1.165, 1.54) is 0 Å². The molecule has 0 aliphatic heterocycles. The maximum Gasteiger partial charge on any atom is 0.418 e. The van der Waals surface area contributed by atoms with Crippen LogP contribution in [-0.4, -0.2) is 13.0 Å². The van der Waals surface area contributed by atoms with Gasteiger partial charge in [-0.25, -0.2) is 0 Å². The number of nitrogen functional groups attached to an aromatic ring is 1. The van der Waals surface area contributed by atoms with E-state index in [0.29, 0.717) is 12.1 Å². The number of anilines is 1. The Morgan fingerprint density at radius 2 is 1.81 bits per heavy atom. The SMILES string of the molecule is Nc1c(C(F)(F)F)cc(Cl)cc1S(=O)(=O)O. The molecule has 0 aliphatic carbocycles. The number of benzene rings is 1. The van der Waals surface area contributed by atoms with Crippen LogP contribution in [0.4, 0.5) is 18.9 Å². The van der Waals surface area contributed by atoms with Crippen molar-refractivity contribution in [3.05, 3.63) is 22.7 Å². The quantitative estimate of drug-likeness (QED) is 0.608. The summed E-state index contributed by atoms with van der Waals surface area (Å²) in [6.07, 6.45) is -4.85. The fourth-order valence-electron chi connectivity index (χ4n) is 1.04. The molecule has 0 atom stereocenters. The first kappa shape index (κ1) is 13.1. The van der Waals surface area contributed by atoms with Crippen molar-refractivity contribution in [2.24, 2.45) is 0 Å². The summed E-state index contributed by atoms with van der Waals surface area (Å²) >= 11 is 5.30. The molecule has 0 aliphatic rings. The molecular formula is C7H5ClF3NO3S. The van der Waals surface area contributed by atoms with Gasteiger partial charge in [0.25, 0.3) is 10.1 Å². The van der Waals surface area contributed by atoms with E-state index in [2.05, 4.69) is 0 Å². The van der Waals surface area contributed by atoms with Crippen molar-refractivity contribution in [2.75, 3.05) is 5.73 Å². The van der Waals surface area contributed by atoms with Gasteiger partial charge in [0.15, 0.2) is 0 Å². The van der Waals surface area contributed by atoms with E-state index in [4.69, 9.17) is 21.9 Å². The van der Waals surface area contributed by atoms with Crippen molar-refractivity contribution >= 4 is 27.4 Å². The molecule has 0 unspecified atom stereocenters. The van der Waals surface area contributed by atoms with Gasteiger partial charge in [0.05, 0.1) is 11.3 Å². The number of nitrogens with two attached hydrogens (primary N) is 1. The molecule has 90 valence electrons. The molecule has 16 heavy (non-hydrogen) atoms. The number of halogens is 4. The standard InChI is InChI=1S/C7H5ClF3NO3S/c8-3-1-4(7(9,10)11)6(12)5(2-3)16(13,14)15/h1-2H,12H2,(H,13,14,15). The van der Waals surface area contributed by atoms with Crippen molar-refractivity contribution in [3.8, 4) is 0 Å². The highest BCUT2D eigenvalue weighted by molar-refractivity contribution is 7.86. The third-order valence-corrected chi connectivity index (χ3v) is 2.80. The maximum atomic E-state index is 12.4. The average Bonchev–Trinajstić information content (AvgIpc) is 2.04. The number of alkyl halides is 3. The molecular weight excluding hydrogens is 271 g/mol. The number of hydrogen-bond donors (Lipinski definition) is 2. The topological polar surface area (TPSA) is 80.4 Å². The largest absolute Gasteiger partial charge is 0.418 e. The number of rotatable bonds is 1. The third-order valence-electron chi connectivity index (χ3n) is 1.69. The Kier molecular flexibility index (Phi) is 3.10. The highest BCUT2D eigenvalue weighted by Crippen LogP contribution is 2.38. The zero-order valence-corrected chi connectivity index (χ0v) is 8.99. The van der Waals surface area contributed by atoms with Crippen LogP contribution in [0.5, 0.6) is 0 Å². The molecule has 1 aromatic carbocycles. The first-order valence-electron chi connectivity index (χ1n) is 3.67. The minimum atomic E-state index is -4.85. The summed E-state index contributed by atoms with van der Waals surface area (Å²) in [7, 11) is -4.85. The van der Waals surface area contributed by atoms with Gasteiger partial charge in [0, 0.05) is 5.02 Å². The van der Waals surface area contributed by atoms with Crippen LogP contribution in [0.2, 0.25) is 5.02 Å². The highest BCUT2D eigenvalue weighted by atomic mass is 35.5. The number of hydrogen-bond acceptors (Lipinski definition) is 3. The van der Waals surface area contributed by atoms with Crippen LogP contribution in [0.1, 0.15) is 5.56 Å². The van der Waals surface area contributed by atoms with Gasteiger partial charge in [0.2, 0.25) is 0 Å². The van der Waals surface area contributed by atoms with Crippen LogP contribution in [0.3, 0.4) is 0 Å². The normalized spacial score (nSPS) is 12.8. The summed E-state index contributed by atoms with van der Waals surface area (Å²) < 4.78 is 67.3. The molecule has 0 spiro atoms. The second-order valence-electron chi connectivity index (χ2n) is 2.84. The molecule has 1 rings (SSSR count). The van der Waals surface area contributed by atoms with Gasteiger partial charge in [-0.3, -0.25) is 4.55 Å². The molecule has 0 amide bonds. The van der Waals surface area contributed by atoms with E-state index < -0.39 is 37.5 Å². The van der Waals surface area contributed by atoms with Crippen molar-refractivity contribution in [3.63, 3.8) is 0 Å². The van der Waals surface area contributed by atoms with Crippen LogP contribution in [-0.2, 0) is 16.3 Å². The van der Waals surface area contributed by atoms with E-state index in [-0.39, 0.29) is 0 Å². The van der Waals surface area contributed by atoms with E-state index in [1.807, 2.05) is 0 Å². The van der Waals surface area contributed by atoms with Gasteiger partial charge in [-0.1, -0.05) is 11.6 Å². The van der Waals surface area contributed by atoms with Crippen LogP contribution >= 0.6 is 11.6 Å². The predicted octanol–water partition coefficient (Wildman–Crippen LogP) is 2.19. The Hall–Kier alpha value is -0.990. The summed E-state index contributed by atoms with van der Waals surface area (Å²) in [5, 5.41) is -0.492.